The summed E-state index contributed by atoms with van der Waals surface area (Å²) in [5.41, 5.74) is 6.22. The van der Waals surface area contributed by atoms with E-state index in [1.807, 2.05) is 30.3 Å². The summed E-state index contributed by atoms with van der Waals surface area (Å²) in [7, 11) is 0. The van der Waals surface area contributed by atoms with Crippen molar-refractivity contribution in [1.82, 2.24) is 15.8 Å². The number of hydrogen-bond acceptors (Lipinski definition) is 6. The molecule has 1 aromatic carbocycles. The van der Waals surface area contributed by atoms with Crippen molar-refractivity contribution in [2.24, 2.45) is 0 Å². The van der Waals surface area contributed by atoms with E-state index in [1.165, 1.54) is 0 Å². The summed E-state index contributed by atoms with van der Waals surface area (Å²) in [4.78, 5) is 37.8. The molecule has 1 fully saturated rings. The van der Waals surface area contributed by atoms with E-state index in [4.69, 9.17) is 4.74 Å². The van der Waals surface area contributed by atoms with Crippen molar-refractivity contribution in [3.05, 3.63) is 47.2 Å². The molecule has 1 aromatic rings. The zero-order chi connectivity index (χ0) is 15.7. The van der Waals surface area contributed by atoms with E-state index in [1.54, 1.807) is 6.92 Å². The second kappa shape index (κ2) is 5.61. The van der Waals surface area contributed by atoms with E-state index in [0.717, 1.165) is 10.5 Å². The van der Waals surface area contributed by atoms with Gasteiger partial charge in [0.2, 0.25) is 0 Å². The third kappa shape index (κ3) is 2.25. The van der Waals surface area contributed by atoms with Crippen molar-refractivity contribution in [3.8, 4) is 0 Å². The quantitative estimate of drug-likeness (QED) is 0.594. The molecule has 2 aliphatic heterocycles. The molecular weight excluding hydrogens is 286 g/mol. The largest absolute Gasteiger partial charge is 0.461 e. The van der Waals surface area contributed by atoms with E-state index in [2.05, 4.69) is 10.9 Å². The van der Waals surface area contributed by atoms with Gasteiger partial charge in [0, 0.05) is 0 Å². The molecule has 0 spiro atoms. The minimum absolute atomic E-state index is 0.0146. The number of nitrogens with one attached hydrogen (secondary N) is 2. The number of carbonyl (C=O) groups excluding carboxylic acids is 3. The van der Waals surface area contributed by atoms with E-state index in [9.17, 15) is 14.4 Å². The van der Waals surface area contributed by atoms with E-state index in [0.29, 0.717) is 0 Å². The molecule has 1 saturated heterocycles. The number of imide groups is 1. The van der Waals surface area contributed by atoms with Crippen LogP contribution in [0.4, 0.5) is 0 Å². The highest BCUT2D eigenvalue weighted by Crippen LogP contribution is 2.27. The number of ether oxygens (including phenoxy) is 1. The molecule has 114 valence electrons. The molecule has 2 aliphatic rings. The van der Waals surface area contributed by atoms with Gasteiger partial charge in [0.05, 0.1) is 18.7 Å². The Morgan fingerprint density at radius 1 is 1.27 bits per heavy atom. The van der Waals surface area contributed by atoms with Gasteiger partial charge in [-0.3, -0.25) is 14.5 Å². The van der Waals surface area contributed by atoms with Gasteiger partial charge in [0.1, 0.15) is 11.7 Å². The number of likely N-dealkylation sites (tertiary alicyclic amines) is 1. The molecular formula is C15H15N3O4. The molecule has 0 radical (unpaired) electrons. The van der Waals surface area contributed by atoms with Crippen molar-refractivity contribution in [3.63, 3.8) is 0 Å². The summed E-state index contributed by atoms with van der Waals surface area (Å²) in [6.07, 6.45) is 0. The molecule has 2 heterocycles. The number of carbonyl (C=O) groups is 3. The van der Waals surface area contributed by atoms with Crippen LogP contribution in [0.1, 0.15) is 12.5 Å². The normalized spacial score (nSPS) is 20.2. The van der Waals surface area contributed by atoms with Crippen LogP contribution in [-0.2, 0) is 25.7 Å². The van der Waals surface area contributed by atoms with Gasteiger partial charge in [-0.25, -0.2) is 10.2 Å². The zero-order valence-electron chi connectivity index (χ0n) is 12.0. The van der Waals surface area contributed by atoms with Crippen LogP contribution < -0.4 is 10.9 Å². The third-order valence-corrected chi connectivity index (χ3v) is 3.55. The topological polar surface area (TPSA) is 87.7 Å². The first-order chi connectivity index (χ1) is 10.6. The Hall–Kier alpha value is -2.67. The van der Waals surface area contributed by atoms with Crippen LogP contribution >= 0.6 is 0 Å². The standard InChI is InChI=1S/C15H15N3O4/c1-2-22-15(21)12-10-11(16-17-12)14(20)18(13(10)19)8-9-6-4-3-5-7-9/h3-7,11,16-17H,2,8H2,1H3. The second-order valence-corrected chi connectivity index (χ2v) is 4.93. The molecule has 7 nitrogen and oxygen atoms in total. The van der Waals surface area contributed by atoms with Crippen LogP contribution in [0.15, 0.2) is 41.6 Å². The number of hydrogen-bond donors (Lipinski definition) is 2. The maximum atomic E-state index is 12.5. The zero-order valence-corrected chi connectivity index (χ0v) is 12.0. The Morgan fingerprint density at radius 3 is 2.68 bits per heavy atom. The lowest BCUT2D eigenvalue weighted by molar-refractivity contribution is -0.141. The van der Waals surface area contributed by atoms with Gasteiger partial charge in [0.25, 0.3) is 11.8 Å². The Morgan fingerprint density at radius 2 is 2.00 bits per heavy atom. The molecule has 3 rings (SSSR count). The average Bonchev–Trinajstić information content (AvgIpc) is 3.05. The monoisotopic (exact) mass is 301 g/mol. The van der Waals surface area contributed by atoms with Crippen molar-refractivity contribution >= 4 is 17.8 Å². The lowest BCUT2D eigenvalue weighted by Crippen LogP contribution is -2.42. The molecule has 0 aliphatic carbocycles. The minimum Gasteiger partial charge on any atom is -0.461 e. The molecule has 0 bridgehead atoms. The number of amides is 2. The highest BCUT2D eigenvalue weighted by atomic mass is 16.5. The van der Waals surface area contributed by atoms with Gasteiger partial charge in [-0.15, -0.1) is 0 Å². The lowest BCUT2D eigenvalue weighted by atomic mass is 10.1. The van der Waals surface area contributed by atoms with Crippen LogP contribution in [0, 0.1) is 0 Å². The summed E-state index contributed by atoms with van der Waals surface area (Å²) in [5, 5.41) is 0. The smallest absolute Gasteiger partial charge is 0.356 e. The van der Waals surface area contributed by atoms with Gasteiger partial charge in [-0.2, -0.15) is 0 Å². The third-order valence-electron chi connectivity index (χ3n) is 3.55. The van der Waals surface area contributed by atoms with Crippen LogP contribution in [0.25, 0.3) is 0 Å². The SMILES string of the molecule is CCOC(=O)C1=C2C(=O)N(Cc3ccccc3)C(=O)C2NN1. The highest BCUT2D eigenvalue weighted by Gasteiger charge is 2.49. The van der Waals surface area contributed by atoms with Gasteiger partial charge in [-0.05, 0) is 12.5 Å². The van der Waals surface area contributed by atoms with Gasteiger partial charge >= 0.3 is 5.97 Å². The van der Waals surface area contributed by atoms with Crippen molar-refractivity contribution in [2.75, 3.05) is 6.61 Å². The number of nitrogens with zero attached hydrogens (tertiary/aromatic N) is 1. The summed E-state index contributed by atoms with van der Waals surface area (Å²) in [5.74, 6) is -1.50. The van der Waals surface area contributed by atoms with Crippen molar-refractivity contribution < 1.29 is 19.1 Å². The number of fused-ring (bicyclic) bond motifs is 1. The molecule has 2 N–H and O–H groups in total. The lowest BCUT2D eigenvalue weighted by Gasteiger charge is -2.15. The minimum atomic E-state index is -0.837. The predicted molar refractivity (Wildman–Crippen MR) is 75.7 cm³/mol. The fourth-order valence-corrected chi connectivity index (χ4v) is 2.53. The first-order valence-corrected chi connectivity index (χ1v) is 6.96. The van der Waals surface area contributed by atoms with Gasteiger partial charge < -0.3 is 10.2 Å². The molecule has 0 saturated carbocycles. The first kappa shape index (κ1) is 14.3. The molecule has 2 amide bonds. The summed E-state index contributed by atoms with van der Waals surface area (Å²) < 4.78 is 4.89. The summed E-state index contributed by atoms with van der Waals surface area (Å²) in [6.45, 7) is 2.04. The maximum Gasteiger partial charge on any atom is 0.356 e. The molecule has 1 unspecified atom stereocenters. The van der Waals surface area contributed by atoms with Crippen LogP contribution in [0.2, 0.25) is 0 Å². The number of hydrazine groups is 1. The van der Waals surface area contributed by atoms with E-state index >= 15 is 0 Å². The fourth-order valence-electron chi connectivity index (χ4n) is 2.53. The predicted octanol–water partition coefficient (Wildman–Crippen LogP) is -0.151. The molecule has 0 aromatic heterocycles. The summed E-state index contributed by atoms with van der Waals surface area (Å²) in [6, 6.07) is 8.37. The molecule has 7 heteroatoms. The van der Waals surface area contributed by atoms with Crippen molar-refractivity contribution in [1.29, 1.82) is 0 Å². The van der Waals surface area contributed by atoms with Gasteiger partial charge in [-0.1, -0.05) is 30.3 Å². The van der Waals surface area contributed by atoms with Crippen LogP contribution in [0.3, 0.4) is 0 Å². The fraction of sp³-hybridized carbons (Fsp3) is 0.267. The number of rotatable bonds is 4. The average molecular weight is 301 g/mol. The van der Waals surface area contributed by atoms with Crippen LogP contribution in [-0.4, -0.2) is 35.3 Å². The van der Waals surface area contributed by atoms with Gasteiger partial charge in [0.15, 0.2) is 0 Å². The van der Waals surface area contributed by atoms with Crippen molar-refractivity contribution in [2.45, 2.75) is 19.5 Å². The van der Waals surface area contributed by atoms with E-state index in [-0.39, 0.29) is 30.3 Å². The first-order valence-electron chi connectivity index (χ1n) is 6.96. The Bertz CT molecular complexity index is 669. The second-order valence-electron chi connectivity index (χ2n) is 4.93. The summed E-state index contributed by atoms with van der Waals surface area (Å²) >= 11 is 0. The van der Waals surface area contributed by atoms with Crippen LogP contribution in [0.5, 0.6) is 0 Å². The number of benzene rings is 1. The maximum absolute atomic E-state index is 12.5. The Labute approximate surface area is 126 Å². The highest BCUT2D eigenvalue weighted by molar-refractivity contribution is 6.20. The molecule has 22 heavy (non-hydrogen) atoms. The Balaban J connectivity index is 1.88. The number of esters is 1. The van der Waals surface area contributed by atoms with E-state index < -0.39 is 17.9 Å². The Kier molecular flexibility index (Phi) is 3.64. The molecule has 1 atom stereocenters.